The minimum Gasteiger partial charge on any atom is -0.492 e. The van der Waals surface area contributed by atoms with Crippen LogP contribution in [0, 0.1) is 11.8 Å². The molecule has 1 fully saturated rings. The first kappa shape index (κ1) is 25.7. The molecule has 1 aliphatic rings. The Labute approximate surface area is 188 Å². The van der Waals surface area contributed by atoms with E-state index in [1.54, 1.807) is 0 Å². The van der Waals surface area contributed by atoms with Gasteiger partial charge in [-0.3, -0.25) is 4.57 Å². The number of amides is 1. The van der Waals surface area contributed by atoms with Gasteiger partial charge in [-0.15, -0.1) is 0 Å². The van der Waals surface area contributed by atoms with Crippen molar-refractivity contribution in [3.8, 4) is 5.75 Å². The van der Waals surface area contributed by atoms with Crippen molar-refractivity contribution in [2.75, 3.05) is 6.61 Å². The molecule has 2 rings (SSSR count). The topological polar surface area (TPSA) is 84.9 Å². The van der Waals surface area contributed by atoms with Crippen molar-refractivity contribution in [2.45, 2.75) is 90.4 Å². The minimum absolute atomic E-state index is 0.159. The van der Waals surface area contributed by atoms with E-state index in [1.165, 1.54) is 0 Å². The molecule has 7 heteroatoms. The normalized spacial score (nSPS) is 25.5. The fourth-order valence-corrected chi connectivity index (χ4v) is 5.87. The molecular weight excluding hydrogens is 413 g/mol. The maximum absolute atomic E-state index is 12.4. The summed E-state index contributed by atoms with van der Waals surface area (Å²) < 4.78 is 23.7. The molecule has 0 saturated heterocycles. The summed E-state index contributed by atoms with van der Waals surface area (Å²) in [5.74, 6) is 1.01. The van der Waals surface area contributed by atoms with Crippen LogP contribution in [0.4, 0.5) is 4.79 Å². The number of hydrogen-bond acceptors (Lipinski definition) is 4. The van der Waals surface area contributed by atoms with Gasteiger partial charge in [0.25, 0.3) is 0 Å². The van der Waals surface area contributed by atoms with Gasteiger partial charge in [-0.1, -0.05) is 32.4 Å². The first-order chi connectivity index (χ1) is 14.2. The smallest absolute Gasteiger partial charge is 0.408 e. The Morgan fingerprint density at radius 2 is 1.68 bits per heavy atom. The van der Waals surface area contributed by atoms with E-state index in [9.17, 15) is 14.3 Å². The van der Waals surface area contributed by atoms with Crippen LogP contribution in [0.2, 0.25) is 0 Å². The van der Waals surface area contributed by atoms with Crippen molar-refractivity contribution in [3.63, 3.8) is 0 Å². The molecule has 3 atom stereocenters. The van der Waals surface area contributed by atoms with Crippen molar-refractivity contribution in [1.82, 2.24) is 5.32 Å². The Kier molecular flexibility index (Phi) is 8.27. The summed E-state index contributed by atoms with van der Waals surface area (Å²) in [6, 6.07) is 7.71. The van der Waals surface area contributed by atoms with Gasteiger partial charge >= 0.3 is 6.09 Å². The van der Waals surface area contributed by atoms with E-state index in [4.69, 9.17) is 9.47 Å². The fourth-order valence-electron chi connectivity index (χ4n) is 4.54. The first-order valence-electron chi connectivity index (χ1n) is 11.2. The zero-order chi connectivity index (χ0) is 23.4. The molecule has 0 bridgehead atoms. The average Bonchev–Trinajstić information content (AvgIpc) is 2.60. The highest BCUT2D eigenvalue weighted by atomic mass is 31.1. The molecule has 0 radical (unpaired) electrons. The number of carbonyl (C=O) groups excluding carboxylic acids is 1. The molecule has 0 spiro atoms. The zero-order valence-electron chi connectivity index (χ0n) is 20.1. The summed E-state index contributed by atoms with van der Waals surface area (Å²) in [5, 5.41) is 2.25. The predicted octanol–water partition coefficient (Wildman–Crippen LogP) is 5.57. The highest BCUT2D eigenvalue weighted by molar-refractivity contribution is 7.40. The predicted molar refractivity (Wildman–Crippen MR) is 125 cm³/mol. The van der Waals surface area contributed by atoms with Crippen LogP contribution in [0.1, 0.15) is 73.3 Å². The number of hydrogen-bond donors (Lipinski definition) is 2. The third-order valence-electron chi connectivity index (χ3n) is 6.32. The molecule has 1 aliphatic carbocycles. The van der Waals surface area contributed by atoms with Crippen LogP contribution in [0.5, 0.6) is 5.75 Å². The van der Waals surface area contributed by atoms with Gasteiger partial charge in [0.1, 0.15) is 18.0 Å². The molecular formula is C24H40NO5P. The van der Waals surface area contributed by atoms with E-state index in [0.717, 1.165) is 24.8 Å². The summed E-state index contributed by atoms with van der Waals surface area (Å²) >= 11 is 0. The van der Waals surface area contributed by atoms with Crippen molar-refractivity contribution in [1.29, 1.82) is 0 Å². The molecule has 1 aromatic carbocycles. The molecule has 1 aromatic rings. The highest BCUT2D eigenvalue weighted by Crippen LogP contribution is 2.53. The molecule has 1 saturated carbocycles. The maximum atomic E-state index is 12.4. The quantitative estimate of drug-likeness (QED) is 0.527. The van der Waals surface area contributed by atoms with E-state index in [0.29, 0.717) is 12.2 Å². The van der Waals surface area contributed by atoms with Gasteiger partial charge in [-0.2, -0.15) is 0 Å². The number of carbonyl (C=O) groups is 1. The summed E-state index contributed by atoms with van der Waals surface area (Å²) in [5.41, 5.74) is 0.0421. The molecule has 0 aliphatic heterocycles. The van der Waals surface area contributed by atoms with Crippen LogP contribution in [-0.2, 0) is 15.7 Å². The third kappa shape index (κ3) is 6.98. The van der Waals surface area contributed by atoms with E-state index in [-0.39, 0.29) is 18.4 Å². The third-order valence-corrected chi connectivity index (χ3v) is 8.24. The maximum Gasteiger partial charge on any atom is 0.408 e. The number of nitrogens with one attached hydrogen (secondary N) is 1. The minimum atomic E-state index is -2.74. The molecule has 6 nitrogen and oxygen atoms in total. The lowest BCUT2D eigenvalue weighted by Gasteiger charge is -2.44. The van der Waals surface area contributed by atoms with Crippen molar-refractivity contribution < 1.29 is 23.7 Å². The van der Waals surface area contributed by atoms with Crippen LogP contribution in [0.3, 0.4) is 0 Å². The van der Waals surface area contributed by atoms with Gasteiger partial charge in [0, 0.05) is 5.54 Å². The zero-order valence-corrected chi connectivity index (χ0v) is 21.1. The molecule has 0 heterocycles. The lowest BCUT2D eigenvalue weighted by atomic mass is 9.73. The molecule has 176 valence electrons. The number of rotatable bonds is 7. The molecule has 3 unspecified atom stereocenters. The Morgan fingerprint density at radius 3 is 2.16 bits per heavy atom. The van der Waals surface area contributed by atoms with Gasteiger partial charge < -0.3 is 19.7 Å². The van der Waals surface area contributed by atoms with Crippen LogP contribution in [0.15, 0.2) is 24.3 Å². The summed E-state index contributed by atoms with van der Waals surface area (Å²) in [7, 11) is -2.74. The van der Waals surface area contributed by atoms with Crippen LogP contribution >= 0.6 is 8.03 Å². The second-order valence-electron chi connectivity index (χ2n) is 10.7. The molecule has 2 N–H and O–H groups in total. The Balaban J connectivity index is 2.00. The van der Waals surface area contributed by atoms with E-state index < -0.39 is 30.4 Å². The number of ether oxygens (including phenoxy) is 2. The van der Waals surface area contributed by atoms with Crippen LogP contribution < -0.4 is 10.1 Å². The first-order valence-corrected chi connectivity index (χ1v) is 12.6. The number of alkyl carbamates (subject to hydrolysis) is 1. The van der Waals surface area contributed by atoms with E-state index in [2.05, 4.69) is 19.2 Å². The lowest BCUT2D eigenvalue weighted by molar-refractivity contribution is 0.0472. The SMILES string of the molecule is CC1CCCC(C)C1(COc1ccc(CC(C)(C)NC(=O)OC(C)(C)C)cc1)[PH](=O)O. The molecule has 0 aromatic heterocycles. The molecule has 31 heavy (non-hydrogen) atoms. The summed E-state index contributed by atoms with van der Waals surface area (Å²) in [6.45, 7) is 13.8. The second kappa shape index (κ2) is 9.95. The Morgan fingerprint density at radius 1 is 1.13 bits per heavy atom. The fraction of sp³-hybridized carbons (Fsp3) is 0.708. The highest BCUT2D eigenvalue weighted by Gasteiger charge is 2.48. The van der Waals surface area contributed by atoms with Gasteiger partial charge in [0.05, 0.1) is 5.16 Å². The van der Waals surface area contributed by atoms with Crippen LogP contribution in [-0.4, -0.2) is 33.9 Å². The summed E-state index contributed by atoms with van der Waals surface area (Å²) in [6.07, 6.45) is 3.22. The van der Waals surface area contributed by atoms with Gasteiger partial charge in [-0.25, -0.2) is 4.79 Å². The number of benzene rings is 1. The van der Waals surface area contributed by atoms with E-state index in [1.807, 2.05) is 58.9 Å². The summed E-state index contributed by atoms with van der Waals surface area (Å²) in [4.78, 5) is 22.3. The van der Waals surface area contributed by atoms with Crippen molar-refractivity contribution in [2.24, 2.45) is 11.8 Å². The van der Waals surface area contributed by atoms with Gasteiger partial charge in [-0.05, 0) is 83.4 Å². The van der Waals surface area contributed by atoms with Crippen molar-refractivity contribution in [3.05, 3.63) is 29.8 Å². The lowest BCUT2D eigenvalue weighted by Crippen LogP contribution is -2.47. The molecule has 1 amide bonds. The van der Waals surface area contributed by atoms with Crippen molar-refractivity contribution >= 4 is 14.1 Å². The Hall–Kier alpha value is -1.52. The second-order valence-corrected chi connectivity index (χ2v) is 12.2. The Bertz CT molecular complexity index is 759. The van der Waals surface area contributed by atoms with Gasteiger partial charge in [0.2, 0.25) is 0 Å². The average molecular weight is 454 g/mol. The largest absolute Gasteiger partial charge is 0.492 e. The van der Waals surface area contributed by atoms with Crippen LogP contribution in [0.25, 0.3) is 0 Å². The standard InChI is InChI=1S/C24H40NO5P/c1-17-9-8-10-18(2)24(17,31(27)28)16-29-20-13-11-19(12-14-20)15-23(6,7)25-21(26)30-22(3,4)5/h11-14,17-18,31H,8-10,15-16H2,1-7H3,(H,25,26)(H,27,28). The monoisotopic (exact) mass is 453 g/mol. The van der Waals surface area contributed by atoms with Gasteiger partial charge in [0.15, 0.2) is 8.03 Å². The van der Waals surface area contributed by atoms with E-state index >= 15 is 0 Å².